The minimum atomic E-state index is -0.129. The molecule has 1 atom stereocenters. The molecule has 4 heteroatoms. The van der Waals surface area contributed by atoms with Crippen LogP contribution in [0.2, 0.25) is 0 Å². The van der Waals surface area contributed by atoms with Crippen LogP contribution >= 0.6 is 0 Å². The number of hydrogen-bond donors (Lipinski definition) is 2. The van der Waals surface area contributed by atoms with Crippen LogP contribution in [0, 0.1) is 18.8 Å². The van der Waals surface area contributed by atoms with E-state index in [9.17, 15) is 9.90 Å². The number of carbonyl (C=O) groups is 1. The topological polar surface area (TPSA) is 52.6 Å². The Bertz CT molecular complexity index is 522. The second-order valence-corrected chi connectivity index (χ2v) is 7.50. The van der Waals surface area contributed by atoms with Gasteiger partial charge < -0.3 is 15.3 Å². The summed E-state index contributed by atoms with van der Waals surface area (Å²) in [5, 5.41) is 12.7. The van der Waals surface area contributed by atoms with Gasteiger partial charge in [0.05, 0.1) is 6.04 Å². The Balaban J connectivity index is 1.95. The Labute approximate surface area is 146 Å². The molecule has 1 aromatic carbocycles. The molecule has 1 heterocycles. The summed E-state index contributed by atoms with van der Waals surface area (Å²) in [5.41, 5.74) is 2.46. The SMILES string of the molecule is Cc1cccc(CNC(CC(C)C)C(=O)N2CCC(CO)CC2)c1. The van der Waals surface area contributed by atoms with Crippen LogP contribution in [0.3, 0.4) is 0 Å². The molecule has 2 rings (SSSR count). The molecule has 24 heavy (non-hydrogen) atoms. The zero-order valence-corrected chi connectivity index (χ0v) is 15.3. The molecular weight excluding hydrogens is 300 g/mol. The van der Waals surface area contributed by atoms with E-state index in [1.54, 1.807) is 0 Å². The molecule has 1 amide bonds. The predicted octanol–water partition coefficient (Wildman–Crippen LogP) is 2.73. The summed E-state index contributed by atoms with van der Waals surface area (Å²) < 4.78 is 0. The summed E-state index contributed by atoms with van der Waals surface area (Å²) in [7, 11) is 0. The van der Waals surface area contributed by atoms with Gasteiger partial charge in [0.1, 0.15) is 0 Å². The molecule has 2 N–H and O–H groups in total. The molecular formula is C20H32N2O2. The van der Waals surface area contributed by atoms with E-state index in [-0.39, 0.29) is 18.6 Å². The quantitative estimate of drug-likeness (QED) is 0.807. The molecule has 1 saturated heterocycles. The van der Waals surface area contributed by atoms with Crippen LogP contribution in [-0.4, -0.2) is 41.7 Å². The van der Waals surface area contributed by atoms with E-state index in [0.717, 1.165) is 38.9 Å². The molecule has 0 saturated carbocycles. The van der Waals surface area contributed by atoms with Gasteiger partial charge >= 0.3 is 0 Å². The van der Waals surface area contributed by atoms with E-state index in [1.165, 1.54) is 11.1 Å². The Morgan fingerprint density at radius 3 is 2.62 bits per heavy atom. The lowest BCUT2D eigenvalue weighted by Crippen LogP contribution is -2.49. The van der Waals surface area contributed by atoms with Crippen LogP contribution in [0.4, 0.5) is 0 Å². The zero-order valence-electron chi connectivity index (χ0n) is 15.3. The van der Waals surface area contributed by atoms with Crippen molar-refractivity contribution in [3.05, 3.63) is 35.4 Å². The number of aliphatic hydroxyl groups excluding tert-OH is 1. The molecule has 1 aliphatic rings. The number of piperidine rings is 1. The molecule has 0 aromatic heterocycles. The third-order valence-corrected chi connectivity index (χ3v) is 4.82. The van der Waals surface area contributed by atoms with Crippen molar-refractivity contribution in [1.82, 2.24) is 10.2 Å². The van der Waals surface area contributed by atoms with Gasteiger partial charge in [0, 0.05) is 26.2 Å². The van der Waals surface area contributed by atoms with Crippen LogP contribution in [0.25, 0.3) is 0 Å². The molecule has 1 aliphatic heterocycles. The fourth-order valence-corrected chi connectivity index (χ4v) is 3.36. The highest BCUT2D eigenvalue weighted by Crippen LogP contribution is 2.19. The monoisotopic (exact) mass is 332 g/mol. The number of nitrogens with zero attached hydrogens (tertiary/aromatic N) is 1. The number of amides is 1. The maximum Gasteiger partial charge on any atom is 0.239 e. The number of aryl methyl sites for hydroxylation is 1. The predicted molar refractivity (Wildman–Crippen MR) is 97.7 cm³/mol. The van der Waals surface area contributed by atoms with Crippen molar-refractivity contribution in [1.29, 1.82) is 0 Å². The lowest BCUT2D eigenvalue weighted by atomic mass is 9.96. The van der Waals surface area contributed by atoms with Crippen molar-refractivity contribution in [2.24, 2.45) is 11.8 Å². The van der Waals surface area contributed by atoms with Gasteiger partial charge in [-0.15, -0.1) is 0 Å². The maximum absolute atomic E-state index is 12.9. The van der Waals surface area contributed by atoms with E-state index in [2.05, 4.69) is 50.4 Å². The first-order valence-corrected chi connectivity index (χ1v) is 9.18. The molecule has 1 unspecified atom stereocenters. The minimum absolute atomic E-state index is 0.129. The Kier molecular flexibility index (Phi) is 7.25. The molecule has 1 aromatic rings. The fraction of sp³-hybridized carbons (Fsp3) is 0.650. The Hall–Kier alpha value is -1.39. The molecule has 4 nitrogen and oxygen atoms in total. The highest BCUT2D eigenvalue weighted by Gasteiger charge is 2.28. The van der Waals surface area contributed by atoms with Crippen molar-refractivity contribution in [2.45, 2.75) is 52.6 Å². The highest BCUT2D eigenvalue weighted by molar-refractivity contribution is 5.82. The Morgan fingerprint density at radius 1 is 1.33 bits per heavy atom. The third kappa shape index (κ3) is 5.60. The number of benzene rings is 1. The van der Waals surface area contributed by atoms with Gasteiger partial charge in [-0.1, -0.05) is 43.7 Å². The lowest BCUT2D eigenvalue weighted by molar-refractivity contribution is -0.135. The van der Waals surface area contributed by atoms with Gasteiger partial charge in [0.2, 0.25) is 5.91 Å². The van der Waals surface area contributed by atoms with Crippen molar-refractivity contribution in [3.63, 3.8) is 0 Å². The van der Waals surface area contributed by atoms with E-state index in [1.807, 2.05) is 4.90 Å². The fourth-order valence-electron chi connectivity index (χ4n) is 3.36. The van der Waals surface area contributed by atoms with Crippen LogP contribution in [-0.2, 0) is 11.3 Å². The van der Waals surface area contributed by atoms with Crippen LogP contribution in [0.15, 0.2) is 24.3 Å². The second kappa shape index (κ2) is 9.19. The van der Waals surface area contributed by atoms with Crippen LogP contribution in [0.5, 0.6) is 0 Å². The molecule has 0 bridgehead atoms. The summed E-state index contributed by atoms with van der Waals surface area (Å²) >= 11 is 0. The largest absolute Gasteiger partial charge is 0.396 e. The highest BCUT2D eigenvalue weighted by atomic mass is 16.3. The van der Waals surface area contributed by atoms with Crippen molar-refractivity contribution >= 4 is 5.91 Å². The number of rotatable bonds is 7. The molecule has 0 radical (unpaired) electrons. The maximum atomic E-state index is 12.9. The third-order valence-electron chi connectivity index (χ3n) is 4.82. The number of nitrogens with one attached hydrogen (secondary N) is 1. The standard InChI is InChI=1S/C20H32N2O2/c1-15(2)11-19(21-13-18-6-4-5-16(3)12-18)20(24)22-9-7-17(14-23)8-10-22/h4-6,12,15,17,19,21,23H,7-11,13-14H2,1-3H3. The first-order valence-electron chi connectivity index (χ1n) is 9.18. The van der Waals surface area contributed by atoms with Gasteiger partial charge in [-0.2, -0.15) is 0 Å². The van der Waals surface area contributed by atoms with Crippen molar-refractivity contribution < 1.29 is 9.90 Å². The minimum Gasteiger partial charge on any atom is -0.396 e. The first kappa shape index (κ1) is 18.9. The van der Waals surface area contributed by atoms with Gasteiger partial charge in [-0.05, 0) is 43.6 Å². The normalized spacial score (nSPS) is 17.3. The lowest BCUT2D eigenvalue weighted by Gasteiger charge is -2.34. The summed E-state index contributed by atoms with van der Waals surface area (Å²) in [6.07, 6.45) is 2.67. The van der Waals surface area contributed by atoms with Crippen molar-refractivity contribution in [3.8, 4) is 0 Å². The smallest absolute Gasteiger partial charge is 0.239 e. The first-order chi connectivity index (χ1) is 11.5. The van der Waals surface area contributed by atoms with Gasteiger partial charge in [-0.3, -0.25) is 4.79 Å². The summed E-state index contributed by atoms with van der Waals surface area (Å²) in [5.74, 6) is 1.05. The van der Waals surface area contributed by atoms with E-state index >= 15 is 0 Å². The molecule has 0 spiro atoms. The van der Waals surface area contributed by atoms with E-state index in [0.29, 0.717) is 11.8 Å². The zero-order chi connectivity index (χ0) is 17.5. The van der Waals surface area contributed by atoms with Gasteiger partial charge in [0.15, 0.2) is 0 Å². The van der Waals surface area contributed by atoms with Crippen LogP contribution in [0.1, 0.15) is 44.2 Å². The number of likely N-dealkylation sites (tertiary alicyclic amines) is 1. The number of hydrogen-bond acceptors (Lipinski definition) is 3. The average molecular weight is 332 g/mol. The second-order valence-electron chi connectivity index (χ2n) is 7.50. The van der Waals surface area contributed by atoms with Crippen LogP contribution < -0.4 is 5.32 Å². The summed E-state index contributed by atoms with van der Waals surface area (Å²) in [4.78, 5) is 14.9. The Morgan fingerprint density at radius 2 is 2.04 bits per heavy atom. The van der Waals surface area contributed by atoms with Gasteiger partial charge in [0.25, 0.3) is 0 Å². The number of aliphatic hydroxyl groups is 1. The summed E-state index contributed by atoms with van der Waals surface area (Å²) in [6.45, 7) is 8.90. The number of carbonyl (C=O) groups excluding carboxylic acids is 1. The molecule has 134 valence electrons. The van der Waals surface area contributed by atoms with E-state index in [4.69, 9.17) is 0 Å². The van der Waals surface area contributed by atoms with Gasteiger partial charge in [-0.25, -0.2) is 0 Å². The van der Waals surface area contributed by atoms with E-state index < -0.39 is 0 Å². The molecule has 0 aliphatic carbocycles. The average Bonchev–Trinajstić information content (AvgIpc) is 2.58. The summed E-state index contributed by atoms with van der Waals surface area (Å²) in [6, 6.07) is 8.29. The van der Waals surface area contributed by atoms with Crippen molar-refractivity contribution in [2.75, 3.05) is 19.7 Å². The molecule has 1 fully saturated rings.